The maximum absolute atomic E-state index is 13.3. The standard InChI is InChI=1S/C34H37N3O6S/c1-42-30-15-13-22(36-44(40,41)23-8-4-3-5-9-23)18-26(30)34-16-17-37-20-21-12-14-29(38)31(33(39)43-2)24(21)19-28(37)32(34)35-27-11-7-6-10-25(27)34/h3-11,13,15,18,21,24,28-29,31,36,38H,12,14,16-17,19-20H2,1-2H3/t21-,24-,28-,29-,31+,34+/m0/s1. The van der Waals surface area contributed by atoms with Crippen LogP contribution >= 0.6 is 0 Å². The molecule has 0 bridgehead atoms. The number of para-hydroxylation sites is 1. The zero-order chi connectivity index (χ0) is 30.6. The number of rotatable bonds is 6. The molecule has 3 fully saturated rings. The summed E-state index contributed by atoms with van der Waals surface area (Å²) in [6.45, 7) is 1.63. The average Bonchev–Trinajstić information content (AvgIpc) is 3.39. The minimum Gasteiger partial charge on any atom is -0.496 e. The number of piperidine rings is 2. The van der Waals surface area contributed by atoms with Gasteiger partial charge in [0.2, 0.25) is 0 Å². The molecule has 1 aliphatic carbocycles. The third-order valence-electron chi connectivity index (χ3n) is 10.3. The summed E-state index contributed by atoms with van der Waals surface area (Å²) in [5, 5.41) is 10.9. The Morgan fingerprint density at radius 2 is 1.80 bits per heavy atom. The van der Waals surface area contributed by atoms with E-state index in [1.165, 1.54) is 7.11 Å². The van der Waals surface area contributed by atoms with E-state index >= 15 is 0 Å². The van der Waals surface area contributed by atoms with Crippen LogP contribution in [0.1, 0.15) is 36.8 Å². The second-order valence-corrected chi connectivity index (χ2v) is 14.0. The summed E-state index contributed by atoms with van der Waals surface area (Å²) in [6, 6.07) is 21.8. The fraction of sp³-hybridized carbons (Fsp3) is 0.412. The van der Waals surface area contributed by atoms with Gasteiger partial charge in [-0.1, -0.05) is 36.4 Å². The Morgan fingerprint density at radius 3 is 2.57 bits per heavy atom. The van der Waals surface area contributed by atoms with E-state index in [1.54, 1.807) is 43.5 Å². The van der Waals surface area contributed by atoms with Gasteiger partial charge in [0.15, 0.2) is 0 Å². The van der Waals surface area contributed by atoms with Crippen molar-refractivity contribution in [1.29, 1.82) is 0 Å². The minimum atomic E-state index is -3.82. The van der Waals surface area contributed by atoms with Crippen LogP contribution in [-0.4, -0.2) is 69.6 Å². The zero-order valence-electron chi connectivity index (χ0n) is 24.8. The first-order chi connectivity index (χ1) is 21.3. The highest BCUT2D eigenvalue weighted by Gasteiger charge is 2.57. The third kappa shape index (κ3) is 4.53. The minimum absolute atomic E-state index is 0.0272. The summed E-state index contributed by atoms with van der Waals surface area (Å²) >= 11 is 0. The number of ether oxygens (including phenoxy) is 2. The maximum Gasteiger partial charge on any atom is 0.311 e. The van der Waals surface area contributed by atoms with E-state index in [4.69, 9.17) is 14.5 Å². The van der Waals surface area contributed by atoms with Crippen LogP contribution in [0.2, 0.25) is 0 Å². The molecular formula is C34H37N3O6S. The molecule has 0 aromatic heterocycles. The van der Waals surface area contributed by atoms with Crippen molar-refractivity contribution < 1.29 is 27.8 Å². The summed E-state index contributed by atoms with van der Waals surface area (Å²) in [6.07, 6.45) is 2.17. The second kappa shape index (κ2) is 11.0. The topological polar surface area (TPSA) is 118 Å². The van der Waals surface area contributed by atoms with Crippen molar-refractivity contribution in [3.63, 3.8) is 0 Å². The van der Waals surface area contributed by atoms with Crippen LogP contribution in [-0.2, 0) is 25.0 Å². The molecule has 0 radical (unpaired) electrons. The van der Waals surface area contributed by atoms with E-state index in [-0.39, 0.29) is 22.8 Å². The Kier molecular flexibility index (Phi) is 7.26. The van der Waals surface area contributed by atoms with Crippen LogP contribution < -0.4 is 9.46 Å². The first kappa shape index (κ1) is 29.0. The first-order valence-corrected chi connectivity index (χ1v) is 16.7. The number of aliphatic imine (C=N–C) groups is 1. The van der Waals surface area contributed by atoms with E-state index < -0.39 is 27.5 Å². The van der Waals surface area contributed by atoms with Crippen molar-refractivity contribution in [3.05, 3.63) is 83.9 Å². The van der Waals surface area contributed by atoms with Gasteiger partial charge in [-0.15, -0.1) is 0 Å². The Balaban J connectivity index is 1.33. The normalized spacial score (nSPS) is 29.3. The molecule has 2 N–H and O–H groups in total. The fourth-order valence-electron chi connectivity index (χ4n) is 8.32. The highest BCUT2D eigenvalue weighted by molar-refractivity contribution is 7.92. The van der Waals surface area contributed by atoms with Gasteiger partial charge in [0, 0.05) is 30.4 Å². The van der Waals surface area contributed by atoms with Gasteiger partial charge in [0.05, 0.1) is 48.0 Å². The number of sulfonamides is 1. The number of carbonyl (C=O) groups excluding carboxylic acids is 1. The van der Waals surface area contributed by atoms with Crippen molar-refractivity contribution in [3.8, 4) is 5.75 Å². The lowest BCUT2D eigenvalue weighted by Crippen LogP contribution is -2.63. The van der Waals surface area contributed by atoms with E-state index in [9.17, 15) is 18.3 Å². The number of fused-ring (bicyclic) bond motifs is 6. The monoisotopic (exact) mass is 615 g/mol. The molecule has 1 saturated carbocycles. The Bertz CT molecular complexity index is 1730. The average molecular weight is 616 g/mol. The van der Waals surface area contributed by atoms with E-state index in [2.05, 4.69) is 15.7 Å². The highest BCUT2D eigenvalue weighted by atomic mass is 32.2. The van der Waals surface area contributed by atoms with Crippen LogP contribution in [0.3, 0.4) is 0 Å². The predicted molar refractivity (Wildman–Crippen MR) is 167 cm³/mol. The van der Waals surface area contributed by atoms with Gasteiger partial charge in [-0.05, 0) is 79.5 Å². The lowest BCUT2D eigenvalue weighted by Gasteiger charge is -2.54. The quantitative estimate of drug-likeness (QED) is 0.392. The number of carbonyl (C=O) groups is 1. The second-order valence-electron chi connectivity index (χ2n) is 12.4. The Hall–Kier alpha value is -3.73. The van der Waals surface area contributed by atoms with Crippen LogP contribution in [0.5, 0.6) is 5.75 Å². The molecule has 0 unspecified atom stereocenters. The van der Waals surface area contributed by atoms with Crippen molar-refractivity contribution in [2.45, 2.75) is 48.1 Å². The number of aliphatic hydroxyl groups is 1. The number of hydrogen-bond donors (Lipinski definition) is 2. The molecule has 230 valence electrons. The Labute approximate surface area is 258 Å². The lowest BCUT2D eigenvalue weighted by molar-refractivity contribution is -0.159. The third-order valence-corrected chi connectivity index (χ3v) is 11.7. The molecule has 3 aromatic carbocycles. The van der Waals surface area contributed by atoms with Crippen LogP contribution in [0.15, 0.2) is 82.7 Å². The summed E-state index contributed by atoms with van der Waals surface area (Å²) in [5.41, 5.74) is 3.57. The number of benzene rings is 3. The van der Waals surface area contributed by atoms with Gasteiger partial charge >= 0.3 is 5.97 Å². The summed E-state index contributed by atoms with van der Waals surface area (Å²) in [4.78, 5) is 20.9. The van der Waals surface area contributed by atoms with Gasteiger partial charge in [0.1, 0.15) is 5.75 Å². The molecule has 3 aromatic rings. The summed E-state index contributed by atoms with van der Waals surface area (Å²) in [7, 11) is -0.795. The van der Waals surface area contributed by atoms with Gasteiger partial charge in [-0.25, -0.2) is 8.42 Å². The number of aliphatic hydroxyl groups excluding tert-OH is 1. The number of nitrogens with zero attached hydrogens (tertiary/aromatic N) is 2. The largest absolute Gasteiger partial charge is 0.496 e. The SMILES string of the molecule is COC(=O)[C@@H]1[C@H]2C[C@H]3C4=Nc5ccccc5[C@@]4(c4cc(NS(=O)(=O)c5ccccc5)ccc4OC)CCN3C[C@@H]2CC[C@@H]1O. The van der Waals surface area contributed by atoms with Crippen molar-refractivity contribution in [2.24, 2.45) is 22.7 Å². The molecular weight excluding hydrogens is 578 g/mol. The summed E-state index contributed by atoms with van der Waals surface area (Å²) < 4.78 is 40.5. The molecule has 0 amide bonds. The van der Waals surface area contributed by atoms with Gasteiger partial charge in [-0.3, -0.25) is 19.4 Å². The smallest absolute Gasteiger partial charge is 0.311 e. The van der Waals surface area contributed by atoms with Crippen LogP contribution in [0, 0.1) is 17.8 Å². The molecule has 10 heteroatoms. The molecule has 44 heavy (non-hydrogen) atoms. The van der Waals surface area contributed by atoms with Gasteiger partial charge in [0.25, 0.3) is 10.0 Å². The van der Waals surface area contributed by atoms with Crippen molar-refractivity contribution in [2.75, 3.05) is 32.0 Å². The molecule has 9 nitrogen and oxygen atoms in total. The molecule has 3 aliphatic heterocycles. The number of nitrogens with one attached hydrogen (secondary N) is 1. The van der Waals surface area contributed by atoms with Crippen molar-refractivity contribution in [1.82, 2.24) is 4.90 Å². The molecule has 6 atom stereocenters. The van der Waals surface area contributed by atoms with Crippen LogP contribution in [0.25, 0.3) is 0 Å². The number of methoxy groups -OCH3 is 2. The van der Waals surface area contributed by atoms with E-state index in [0.29, 0.717) is 30.2 Å². The molecule has 7 rings (SSSR count). The van der Waals surface area contributed by atoms with Crippen molar-refractivity contribution >= 4 is 33.1 Å². The maximum atomic E-state index is 13.3. The molecule has 2 saturated heterocycles. The van der Waals surface area contributed by atoms with Gasteiger partial charge in [-0.2, -0.15) is 0 Å². The summed E-state index contributed by atoms with van der Waals surface area (Å²) in [5.74, 6) is 0.00693. The first-order valence-electron chi connectivity index (χ1n) is 15.2. The van der Waals surface area contributed by atoms with E-state index in [1.807, 2.05) is 30.3 Å². The number of anilines is 1. The Morgan fingerprint density at radius 1 is 1.02 bits per heavy atom. The van der Waals surface area contributed by atoms with Crippen LogP contribution in [0.4, 0.5) is 11.4 Å². The van der Waals surface area contributed by atoms with Gasteiger partial charge < -0.3 is 14.6 Å². The molecule has 0 spiro atoms. The molecule has 4 aliphatic rings. The lowest BCUT2D eigenvalue weighted by atomic mass is 9.59. The zero-order valence-corrected chi connectivity index (χ0v) is 25.7. The van der Waals surface area contributed by atoms with E-state index in [0.717, 1.165) is 48.5 Å². The highest BCUT2D eigenvalue weighted by Crippen LogP contribution is 2.56. The molecule has 3 heterocycles. The number of hydrogen-bond acceptors (Lipinski definition) is 8. The fourth-order valence-corrected chi connectivity index (χ4v) is 9.39. The predicted octanol–water partition coefficient (Wildman–Crippen LogP) is 4.52. The number of esters is 1.